The van der Waals surface area contributed by atoms with Crippen LogP contribution < -0.4 is 9.47 Å². The van der Waals surface area contributed by atoms with Crippen molar-refractivity contribution in [2.45, 2.75) is 13.2 Å². The highest BCUT2D eigenvalue weighted by Gasteiger charge is 2.17. The van der Waals surface area contributed by atoms with Gasteiger partial charge in [0, 0.05) is 12.6 Å². The van der Waals surface area contributed by atoms with E-state index in [9.17, 15) is 13.6 Å². The topological polar surface area (TPSA) is 51.9 Å². The lowest BCUT2D eigenvalue weighted by atomic mass is 10.1. The van der Waals surface area contributed by atoms with Crippen LogP contribution in [-0.4, -0.2) is 31.6 Å². The SMILES string of the molecule is COc1cc(C(=O)N(C)Cc2ccco2)ccc1OC(F)F. The number of hydrogen-bond acceptors (Lipinski definition) is 4. The summed E-state index contributed by atoms with van der Waals surface area (Å²) in [7, 11) is 2.93. The molecule has 5 nitrogen and oxygen atoms in total. The van der Waals surface area contributed by atoms with E-state index in [0.717, 1.165) is 0 Å². The lowest BCUT2D eigenvalue weighted by Crippen LogP contribution is -2.26. The molecule has 1 aromatic heterocycles. The largest absolute Gasteiger partial charge is 0.493 e. The van der Waals surface area contributed by atoms with Crippen LogP contribution in [0.4, 0.5) is 8.78 Å². The van der Waals surface area contributed by atoms with Gasteiger partial charge in [-0.15, -0.1) is 0 Å². The number of carbonyl (C=O) groups is 1. The average molecular weight is 311 g/mol. The van der Waals surface area contributed by atoms with Gasteiger partial charge in [0.05, 0.1) is 19.9 Å². The molecule has 0 N–H and O–H groups in total. The monoisotopic (exact) mass is 311 g/mol. The normalized spacial score (nSPS) is 10.6. The van der Waals surface area contributed by atoms with Gasteiger partial charge in [0.1, 0.15) is 5.76 Å². The van der Waals surface area contributed by atoms with Gasteiger partial charge in [-0.25, -0.2) is 0 Å². The summed E-state index contributed by atoms with van der Waals surface area (Å²) in [6.45, 7) is -2.67. The quantitative estimate of drug-likeness (QED) is 0.822. The Hall–Kier alpha value is -2.57. The third-order valence-electron chi connectivity index (χ3n) is 2.95. The van der Waals surface area contributed by atoms with Crippen LogP contribution in [0.5, 0.6) is 11.5 Å². The smallest absolute Gasteiger partial charge is 0.387 e. The summed E-state index contributed by atoms with van der Waals surface area (Å²) < 4.78 is 39.0. The van der Waals surface area contributed by atoms with Gasteiger partial charge in [0.15, 0.2) is 11.5 Å². The number of hydrogen-bond donors (Lipinski definition) is 0. The highest BCUT2D eigenvalue weighted by molar-refractivity contribution is 5.94. The van der Waals surface area contributed by atoms with Crippen LogP contribution in [0.1, 0.15) is 16.1 Å². The number of furan rings is 1. The van der Waals surface area contributed by atoms with Crippen LogP contribution >= 0.6 is 0 Å². The van der Waals surface area contributed by atoms with Crippen molar-refractivity contribution in [3.8, 4) is 11.5 Å². The molecule has 0 unspecified atom stereocenters. The summed E-state index contributed by atoms with van der Waals surface area (Å²) in [5.74, 6) is 0.291. The summed E-state index contributed by atoms with van der Waals surface area (Å²) in [5, 5.41) is 0. The number of carbonyl (C=O) groups excluding carboxylic acids is 1. The second-order valence-electron chi connectivity index (χ2n) is 4.48. The summed E-state index contributed by atoms with van der Waals surface area (Å²) in [4.78, 5) is 13.8. The Balaban J connectivity index is 2.15. The van der Waals surface area contributed by atoms with Crippen LogP contribution in [0, 0.1) is 0 Å². The average Bonchev–Trinajstić information content (AvgIpc) is 2.99. The molecule has 0 aliphatic heterocycles. The van der Waals surface area contributed by atoms with Crippen molar-refractivity contribution in [1.29, 1.82) is 0 Å². The van der Waals surface area contributed by atoms with Crippen LogP contribution in [0.2, 0.25) is 0 Å². The van der Waals surface area contributed by atoms with Crippen molar-refractivity contribution in [3.05, 3.63) is 47.9 Å². The fourth-order valence-electron chi connectivity index (χ4n) is 1.92. The summed E-state index contributed by atoms with van der Waals surface area (Å²) in [6, 6.07) is 7.52. The molecule has 2 aromatic rings. The minimum atomic E-state index is -2.96. The molecular formula is C15H15F2NO4. The fourth-order valence-corrected chi connectivity index (χ4v) is 1.92. The number of methoxy groups -OCH3 is 1. The molecule has 118 valence electrons. The van der Waals surface area contributed by atoms with Gasteiger partial charge in [0.25, 0.3) is 5.91 Å². The second-order valence-corrected chi connectivity index (χ2v) is 4.48. The summed E-state index contributed by atoms with van der Waals surface area (Å²) in [5.41, 5.74) is 0.299. The highest BCUT2D eigenvalue weighted by atomic mass is 19.3. The van der Waals surface area contributed by atoms with Crippen LogP contribution in [0.15, 0.2) is 41.0 Å². The third kappa shape index (κ3) is 3.75. The first-order valence-electron chi connectivity index (χ1n) is 6.42. The number of halogens is 2. The van der Waals surface area contributed by atoms with Gasteiger partial charge in [-0.2, -0.15) is 8.78 Å². The molecule has 0 bridgehead atoms. The molecule has 1 amide bonds. The standard InChI is InChI=1S/C15H15F2NO4/c1-18(9-11-4-3-7-21-11)14(19)10-5-6-12(22-15(16)17)13(8-10)20-2/h3-8,15H,9H2,1-2H3. The van der Waals surface area contributed by atoms with E-state index in [-0.39, 0.29) is 17.4 Å². The molecule has 0 aliphatic carbocycles. The molecule has 0 saturated heterocycles. The molecule has 0 radical (unpaired) electrons. The molecule has 0 atom stereocenters. The Kier molecular flexibility index (Phi) is 4.98. The van der Waals surface area contributed by atoms with Crippen molar-refractivity contribution in [1.82, 2.24) is 4.90 Å². The van der Waals surface area contributed by atoms with E-state index in [2.05, 4.69) is 4.74 Å². The van der Waals surface area contributed by atoms with E-state index in [1.165, 1.54) is 36.5 Å². The third-order valence-corrected chi connectivity index (χ3v) is 2.95. The second kappa shape index (κ2) is 6.93. The Morgan fingerprint density at radius 2 is 2.09 bits per heavy atom. The molecule has 1 aromatic carbocycles. The number of ether oxygens (including phenoxy) is 2. The molecular weight excluding hydrogens is 296 g/mol. The number of rotatable bonds is 6. The number of benzene rings is 1. The van der Waals surface area contributed by atoms with Crippen LogP contribution in [-0.2, 0) is 6.54 Å². The van der Waals surface area contributed by atoms with E-state index in [0.29, 0.717) is 17.9 Å². The highest BCUT2D eigenvalue weighted by Crippen LogP contribution is 2.29. The lowest BCUT2D eigenvalue weighted by Gasteiger charge is -2.17. The van der Waals surface area contributed by atoms with Crippen molar-refractivity contribution in [2.24, 2.45) is 0 Å². The maximum absolute atomic E-state index is 12.3. The first-order valence-corrected chi connectivity index (χ1v) is 6.42. The molecule has 2 rings (SSSR count). The van der Waals surface area contributed by atoms with Gasteiger partial charge >= 0.3 is 6.61 Å². The molecule has 1 heterocycles. The first-order chi connectivity index (χ1) is 10.5. The van der Waals surface area contributed by atoms with Crippen LogP contribution in [0.25, 0.3) is 0 Å². The van der Waals surface area contributed by atoms with Gasteiger partial charge in [0.2, 0.25) is 0 Å². The Labute approximate surface area is 126 Å². The van der Waals surface area contributed by atoms with Crippen molar-refractivity contribution in [3.63, 3.8) is 0 Å². The number of amides is 1. The maximum atomic E-state index is 12.3. The zero-order chi connectivity index (χ0) is 16.1. The van der Waals surface area contributed by atoms with Crippen molar-refractivity contribution in [2.75, 3.05) is 14.2 Å². The van der Waals surface area contributed by atoms with Gasteiger partial charge in [-0.05, 0) is 30.3 Å². The molecule has 0 spiro atoms. The van der Waals surface area contributed by atoms with Crippen molar-refractivity contribution < 1.29 is 27.5 Å². The van der Waals surface area contributed by atoms with E-state index in [4.69, 9.17) is 9.15 Å². The molecule has 0 saturated carbocycles. The van der Waals surface area contributed by atoms with E-state index >= 15 is 0 Å². The van der Waals surface area contributed by atoms with E-state index < -0.39 is 6.61 Å². The van der Waals surface area contributed by atoms with E-state index in [1.54, 1.807) is 19.2 Å². The summed E-state index contributed by atoms with van der Waals surface area (Å²) >= 11 is 0. The van der Waals surface area contributed by atoms with Crippen molar-refractivity contribution >= 4 is 5.91 Å². The summed E-state index contributed by atoms with van der Waals surface area (Å²) in [6.07, 6.45) is 1.52. The minimum absolute atomic E-state index is 0.0672. The fraction of sp³-hybridized carbons (Fsp3) is 0.267. The molecule has 0 fully saturated rings. The zero-order valence-corrected chi connectivity index (χ0v) is 12.1. The number of alkyl halides is 2. The van der Waals surface area contributed by atoms with Gasteiger partial charge < -0.3 is 18.8 Å². The Bertz CT molecular complexity index is 628. The predicted octanol–water partition coefficient (Wildman–Crippen LogP) is 3.16. The predicted molar refractivity (Wildman–Crippen MR) is 74.1 cm³/mol. The minimum Gasteiger partial charge on any atom is -0.493 e. The van der Waals surface area contributed by atoms with Crippen LogP contribution in [0.3, 0.4) is 0 Å². The number of nitrogens with zero attached hydrogens (tertiary/aromatic N) is 1. The van der Waals surface area contributed by atoms with Gasteiger partial charge in [-0.1, -0.05) is 0 Å². The zero-order valence-electron chi connectivity index (χ0n) is 12.1. The molecule has 7 heteroatoms. The van der Waals surface area contributed by atoms with Gasteiger partial charge in [-0.3, -0.25) is 4.79 Å². The first kappa shape index (κ1) is 15.8. The lowest BCUT2D eigenvalue weighted by molar-refractivity contribution is -0.0512. The molecule has 22 heavy (non-hydrogen) atoms. The Morgan fingerprint density at radius 3 is 2.68 bits per heavy atom. The Morgan fingerprint density at radius 1 is 1.32 bits per heavy atom. The van der Waals surface area contributed by atoms with E-state index in [1.807, 2.05) is 0 Å². The maximum Gasteiger partial charge on any atom is 0.387 e. The molecule has 0 aliphatic rings.